The minimum absolute atomic E-state index is 0.114. The molecule has 0 saturated carbocycles. The molecule has 0 spiro atoms. The minimum Gasteiger partial charge on any atom is -0.464 e. The van der Waals surface area contributed by atoms with Crippen molar-refractivity contribution in [3.05, 3.63) is 71.7 Å². The summed E-state index contributed by atoms with van der Waals surface area (Å²) in [6.45, 7) is 3.66. The highest BCUT2D eigenvalue weighted by atomic mass is 16.3. The summed E-state index contributed by atoms with van der Waals surface area (Å²) in [4.78, 5) is 2.47. The van der Waals surface area contributed by atoms with E-state index in [-0.39, 0.29) is 12.1 Å². The highest BCUT2D eigenvalue weighted by molar-refractivity contribution is 5.82. The van der Waals surface area contributed by atoms with Crippen molar-refractivity contribution >= 4 is 11.0 Å². The quantitative estimate of drug-likeness (QED) is 0.577. The van der Waals surface area contributed by atoms with E-state index in [2.05, 4.69) is 56.8 Å². The second kappa shape index (κ2) is 7.42. The molecule has 1 aliphatic heterocycles. The molecule has 0 bridgehead atoms. The van der Waals surface area contributed by atoms with Gasteiger partial charge in [0.1, 0.15) is 5.58 Å². The van der Waals surface area contributed by atoms with Gasteiger partial charge < -0.3 is 10.2 Å². The summed E-state index contributed by atoms with van der Waals surface area (Å²) in [5.74, 6) is 0.751. The first-order valence-corrected chi connectivity index (χ1v) is 10.0. The van der Waals surface area contributed by atoms with Gasteiger partial charge in [-0.15, -0.1) is 5.10 Å². The first-order valence-electron chi connectivity index (χ1n) is 10.0. The summed E-state index contributed by atoms with van der Waals surface area (Å²) in [6.07, 6.45) is 3.87. The summed E-state index contributed by atoms with van der Waals surface area (Å²) < 4.78 is 7.60. The van der Waals surface area contributed by atoms with Gasteiger partial charge in [-0.3, -0.25) is 4.90 Å². The second-order valence-electron chi connectivity index (χ2n) is 7.71. The van der Waals surface area contributed by atoms with Gasteiger partial charge >= 0.3 is 0 Å². The van der Waals surface area contributed by atoms with Gasteiger partial charge in [0, 0.05) is 23.5 Å². The van der Waals surface area contributed by atoms with E-state index in [1.54, 1.807) is 10.9 Å². The number of furan rings is 1. The van der Waals surface area contributed by atoms with E-state index in [1.807, 2.05) is 19.1 Å². The molecule has 2 aromatic heterocycles. The lowest BCUT2D eigenvalue weighted by molar-refractivity contribution is 0.120. The number of aryl methyl sites for hydroxylation is 1. The lowest BCUT2D eigenvalue weighted by Gasteiger charge is -2.40. The molecule has 7 nitrogen and oxygen atoms in total. The van der Waals surface area contributed by atoms with Gasteiger partial charge in [-0.05, 0) is 60.5 Å². The predicted octanol–water partition coefficient (Wildman–Crippen LogP) is 3.38. The van der Waals surface area contributed by atoms with Crippen molar-refractivity contribution in [2.45, 2.75) is 38.4 Å². The van der Waals surface area contributed by atoms with Gasteiger partial charge in [0.25, 0.3) is 0 Å². The van der Waals surface area contributed by atoms with Crippen molar-refractivity contribution in [1.82, 2.24) is 25.1 Å². The summed E-state index contributed by atoms with van der Waals surface area (Å²) in [6, 6.07) is 17.0. The number of rotatable bonds is 4. The van der Waals surface area contributed by atoms with E-state index in [9.17, 15) is 0 Å². The van der Waals surface area contributed by atoms with Crippen LogP contribution in [0, 0.1) is 6.92 Å². The molecule has 1 aliphatic rings. The third kappa shape index (κ3) is 3.32. The summed E-state index contributed by atoms with van der Waals surface area (Å²) in [5.41, 5.74) is 10.8. The Morgan fingerprint density at radius 1 is 1.17 bits per heavy atom. The summed E-state index contributed by atoms with van der Waals surface area (Å²) in [7, 11) is 0. The van der Waals surface area contributed by atoms with Gasteiger partial charge in [-0.2, -0.15) is 4.68 Å². The molecule has 1 fully saturated rings. The third-order valence-electron chi connectivity index (χ3n) is 5.78. The second-order valence-corrected chi connectivity index (χ2v) is 7.71. The summed E-state index contributed by atoms with van der Waals surface area (Å²) >= 11 is 0. The van der Waals surface area contributed by atoms with Crippen molar-refractivity contribution < 1.29 is 4.42 Å². The molecular weight excluding hydrogens is 364 g/mol. The van der Waals surface area contributed by atoms with Crippen LogP contribution in [0.5, 0.6) is 0 Å². The number of piperidine rings is 1. The number of aromatic nitrogens is 4. The average molecular weight is 388 g/mol. The van der Waals surface area contributed by atoms with E-state index in [1.165, 1.54) is 5.56 Å². The van der Waals surface area contributed by atoms with E-state index in [4.69, 9.17) is 10.2 Å². The van der Waals surface area contributed by atoms with Crippen LogP contribution < -0.4 is 5.73 Å². The average Bonchev–Trinajstić information content (AvgIpc) is 3.37. The first-order chi connectivity index (χ1) is 14.2. The minimum atomic E-state index is 0.114. The monoisotopic (exact) mass is 388 g/mol. The molecule has 0 aliphatic carbocycles. The molecule has 4 aromatic rings. The molecule has 0 unspecified atom stereocenters. The molecule has 5 rings (SSSR count). The van der Waals surface area contributed by atoms with Crippen molar-refractivity contribution in [3.8, 4) is 5.69 Å². The van der Waals surface area contributed by atoms with Crippen molar-refractivity contribution in [3.63, 3.8) is 0 Å². The third-order valence-corrected chi connectivity index (χ3v) is 5.78. The fraction of sp³-hybridized carbons (Fsp3) is 0.318. The maximum Gasteiger partial charge on any atom is 0.153 e. The predicted molar refractivity (Wildman–Crippen MR) is 110 cm³/mol. The fourth-order valence-corrected chi connectivity index (χ4v) is 4.45. The van der Waals surface area contributed by atoms with Crippen LogP contribution in [-0.4, -0.2) is 37.7 Å². The van der Waals surface area contributed by atoms with Crippen molar-refractivity contribution in [1.29, 1.82) is 0 Å². The van der Waals surface area contributed by atoms with Crippen molar-refractivity contribution in [2.24, 2.45) is 5.73 Å². The standard InChI is InChI=1S/C22H24N6O/c1-15-24-25-26-28(15)19-12-17-9-11-29-22(17)18(13-19)14-27-10-5-8-20(23)21(27)16-6-3-2-4-7-16/h2-4,6-7,9,11-13,20-21H,5,8,10,14,23H2,1H3/t20-,21-/m0/s1. The molecule has 2 N–H and O–H groups in total. The Morgan fingerprint density at radius 3 is 2.83 bits per heavy atom. The van der Waals surface area contributed by atoms with E-state index in [0.717, 1.165) is 54.0 Å². The first kappa shape index (κ1) is 18.0. The molecule has 1 saturated heterocycles. The molecule has 148 valence electrons. The maximum atomic E-state index is 6.58. The molecule has 2 atom stereocenters. The Hall–Kier alpha value is -3.03. The van der Waals surface area contributed by atoms with Gasteiger partial charge in [0.05, 0.1) is 18.0 Å². The zero-order valence-corrected chi connectivity index (χ0v) is 16.4. The smallest absolute Gasteiger partial charge is 0.153 e. The Labute approximate surface area is 169 Å². The highest BCUT2D eigenvalue weighted by Gasteiger charge is 2.31. The molecule has 7 heteroatoms. The zero-order valence-electron chi connectivity index (χ0n) is 16.4. The fourth-order valence-electron chi connectivity index (χ4n) is 4.45. The normalized spacial score (nSPS) is 20.3. The summed E-state index contributed by atoms with van der Waals surface area (Å²) in [5, 5.41) is 13.0. The van der Waals surface area contributed by atoms with Crippen LogP contribution >= 0.6 is 0 Å². The van der Waals surface area contributed by atoms with E-state index < -0.39 is 0 Å². The SMILES string of the molecule is Cc1nnnn1-c1cc(CN2CCC[C@H](N)[C@@H]2c2ccccc2)c2occc2c1. The number of hydrogen-bond acceptors (Lipinski definition) is 6. The van der Waals surface area contributed by atoms with Gasteiger partial charge in [-0.1, -0.05) is 30.3 Å². The van der Waals surface area contributed by atoms with E-state index in [0.29, 0.717) is 0 Å². The van der Waals surface area contributed by atoms with Gasteiger partial charge in [-0.25, -0.2) is 0 Å². The number of hydrogen-bond donors (Lipinski definition) is 1. The largest absolute Gasteiger partial charge is 0.464 e. The van der Waals surface area contributed by atoms with Crippen molar-refractivity contribution in [2.75, 3.05) is 6.54 Å². The van der Waals surface area contributed by atoms with Crippen LogP contribution in [0.2, 0.25) is 0 Å². The van der Waals surface area contributed by atoms with Crippen LogP contribution in [0.3, 0.4) is 0 Å². The number of tetrazole rings is 1. The zero-order chi connectivity index (χ0) is 19.8. The van der Waals surface area contributed by atoms with E-state index >= 15 is 0 Å². The van der Waals surface area contributed by atoms with Crippen LogP contribution in [0.1, 0.15) is 35.8 Å². The topological polar surface area (TPSA) is 86.0 Å². The molecule has 0 amide bonds. The lowest BCUT2D eigenvalue weighted by atomic mass is 9.90. The van der Waals surface area contributed by atoms with Crippen LogP contribution in [0.15, 0.2) is 59.2 Å². The number of fused-ring (bicyclic) bond motifs is 1. The lowest BCUT2D eigenvalue weighted by Crippen LogP contribution is -2.45. The highest BCUT2D eigenvalue weighted by Crippen LogP contribution is 2.33. The van der Waals surface area contributed by atoms with Gasteiger partial charge in [0.15, 0.2) is 5.82 Å². The maximum absolute atomic E-state index is 6.58. The number of likely N-dealkylation sites (tertiary alicyclic amines) is 1. The van der Waals surface area contributed by atoms with Crippen LogP contribution in [-0.2, 0) is 6.54 Å². The molecular formula is C22H24N6O. The Morgan fingerprint density at radius 2 is 2.03 bits per heavy atom. The molecule has 3 heterocycles. The Kier molecular flexibility index (Phi) is 4.61. The molecule has 29 heavy (non-hydrogen) atoms. The molecule has 2 aromatic carbocycles. The molecule has 0 radical (unpaired) electrons. The van der Waals surface area contributed by atoms with Gasteiger partial charge in [0.2, 0.25) is 0 Å². The Balaban J connectivity index is 1.55. The Bertz CT molecular complexity index is 1120. The van der Waals surface area contributed by atoms with Crippen LogP contribution in [0.25, 0.3) is 16.7 Å². The number of nitrogens with two attached hydrogens (primary N) is 1. The number of nitrogens with zero attached hydrogens (tertiary/aromatic N) is 5. The number of benzene rings is 2. The van der Waals surface area contributed by atoms with Crippen LogP contribution in [0.4, 0.5) is 0 Å².